The number of halogens is 1. The molecule has 0 radical (unpaired) electrons. The van der Waals surface area contributed by atoms with Gasteiger partial charge in [0, 0.05) is 11.4 Å². The Labute approximate surface area is 194 Å². The van der Waals surface area contributed by atoms with E-state index in [1.807, 2.05) is 65.2 Å². The molecule has 4 rings (SSSR count). The summed E-state index contributed by atoms with van der Waals surface area (Å²) in [6.07, 6.45) is 1.46. The van der Waals surface area contributed by atoms with Crippen molar-refractivity contribution in [2.45, 2.75) is 11.7 Å². The number of carbonyl (C=O) groups is 1. The molecule has 0 saturated carbocycles. The summed E-state index contributed by atoms with van der Waals surface area (Å²) in [5.74, 6) is 0.221. The number of hydrazone groups is 1. The molecule has 1 amide bonds. The van der Waals surface area contributed by atoms with Gasteiger partial charge in [0.1, 0.15) is 5.82 Å². The minimum absolute atomic E-state index is 0.109. The van der Waals surface area contributed by atoms with Crippen LogP contribution in [0, 0.1) is 5.82 Å². The second-order valence-corrected chi connectivity index (χ2v) is 7.87. The van der Waals surface area contributed by atoms with Crippen molar-refractivity contribution in [2.75, 3.05) is 11.1 Å². The van der Waals surface area contributed by atoms with Gasteiger partial charge in [-0.3, -0.25) is 9.36 Å². The van der Waals surface area contributed by atoms with E-state index in [9.17, 15) is 9.18 Å². The number of benzene rings is 3. The van der Waals surface area contributed by atoms with Crippen molar-refractivity contribution in [3.05, 3.63) is 102 Å². The van der Waals surface area contributed by atoms with E-state index in [1.165, 1.54) is 30.1 Å². The van der Waals surface area contributed by atoms with E-state index in [4.69, 9.17) is 0 Å². The quantitative estimate of drug-likeness (QED) is 0.222. The molecule has 0 aliphatic heterocycles. The van der Waals surface area contributed by atoms with Crippen LogP contribution in [-0.4, -0.2) is 32.6 Å². The lowest BCUT2D eigenvalue weighted by molar-refractivity contribution is -0.118. The Bertz CT molecular complexity index is 1210. The van der Waals surface area contributed by atoms with Crippen LogP contribution in [0.2, 0.25) is 0 Å². The molecule has 0 saturated heterocycles. The molecule has 0 bridgehead atoms. The maximum atomic E-state index is 13.0. The molecule has 1 aromatic heterocycles. The van der Waals surface area contributed by atoms with Crippen LogP contribution >= 0.6 is 11.8 Å². The number of amides is 1. The number of nitrogens with zero attached hydrogens (tertiary/aromatic N) is 4. The van der Waals surface area contributed by atoms with Crippen molar-refractivity contribution in [2.24, 2.45) is 5.10 Å². The molecule has 7 nitrogen and oxygen atoms in total. The van der Waals surface area contributed by atoms with Crippen LogP contribution in [0.5, 0.6) is 0 Å². The van der Waals surface area contributed by atoms with Gasteiger partial charge < -0.3 is 5.32 Å². The Kier molecular flexibility index (Phi) is 7.44. The molecule has 9 heteroatoms. The molecule has 0 spiro atoms. The average molecular weight is 461 g/mol. The van der Waals surface area contributed by atoms with Gasteiger partial charge >= 0.3 is 0 Å². The first-order chi connectivity index (χ1) is 16.2. The number of hydrogen-bond donors (Lipinski definition) is 2. The Morgan fingerprint density at radius 1 is 0.970 bits per heavy atom. The van der Waals surface area contributed by atoms with Crippen LogP contribution in [0.25, 0.3) is 5.69 Å². The predicted molar refractivity (Wildman–Crippen MR) is 128 cm³/mol. The van der Waals surface area contributed by atoms with Crippen LogP contribution < -0.4 is 10.7 Å². The third kappa shape index (κ3) is 6.27. The Balaban J connectivity index is 1.41. The van der Waals surface area contributed by atoms with Crippen molar-refractivity contribution >= 4 is 29.6 Å². The van der Waals surface area contributed by atoms with Gasteiger partial charge in [-0.2, -0.15) is 5.10 Å². The molecule has 0 unspecified atom stereocenters. The summed E-state index contributed by atoms with van der Waals surface area (Å²) < 4.78 is 14.9. The molecular weight excluding hydrogens is 439 g/mol. The molecule has 166 valence electrons. The van der Waals surface area contributed by atoms with E-state index in [1.54, 1.807) is 12.1 Å². The van der Waals surface area contributed by atoms with Crippen LogP contribution in [-0.2, 0) is 11.3 Å². The second kappa shape index (κ2) is 11.1. The lowest BCUT2D eigenvalue weighted by atomic mass is 10.2. The molecule has 0 atom stereocenters. The number of anilines is 1. The largest absolute Gasteiger partial charge is 0.378 e. The fraction of sp³-hybridized carbons (Fsp3) is 0.0833. The van der Waals surface area contributed by atoms with Gasteiger partial charge in [0.2, 0.25) is 0 Å². The van der Waals surface area contributed by atoms with E-state index in [-0.39, 0.29) is 17.5 Å². The normalized spacial score (nSPS) is 10.9. The molecule has 3 aromatic carbocycles. The average Bonchev–Trinajstić information content (AvgIpc) is 3.27. The molecule has 1 heterocycles. The molecule has 2 N–H and O–H groups in total. The number of para-hydroxylation sites is 2. The predicted octanol–water partition coefficient (Wildman–Crippen LogP) is 4.26. The van der Waals surface area contributed by atoms with Crippen LogP contribution in [0.1, 0.15) is 11.4 Å². The summed E-state index contributed by atoms with van der Waals surface area (Å²) in [5, 5.41) is 16.5. The summed E-state index contributed by atoms with van der Waals surface area (Å²) in [4.78, 5) is 12.3. The van der Waals surface area contributed by atoms with Crippen molar-refractivity contribution in [3.63, 3.8) is 0 Å². The zero-order chi connectivity index (χ0) is 22.9. The van der Waals surface area contributed by atoms with Gasteiger partial charge in [-0.05, 0) is 42.0 Å². The minimum atomic E-state index is -0.326. The highest BCUT2D eigenvalue weighted by molar-refractivity contribution is 7.99. The first kappa shape index (κ1) is 22.2. The molecule has 0 aliphatic carbocycles. The molecule has 4 aromatic rings. The highest BCUT2D eigenvalue weighted by Gasteiger charge is 2.15. The molecule has 0 aliphatic rings. The maximum absolute atomic E-state index is 13.0. The van der Waals surface area contributed by atoms with Crippen molar-refractivity contribution in [3.8, 4) is 5.69 Å². The SMILES string of the molecule is O=C(CSc1nnc(CNc2ccccc2)n1-c1ccccc1)N/N=C/c1ccc(F)cc1. The summed E-state index contributed by atoms with van der Waals surface area (Å²) >= 11 is 1.27. The highest BCUT2D eigenvalue weighted by Crippen LogP contribution is 2.22. The van der Waals surface area contributed by atoms with Crippen molar-refractivity contribution in [1.29, 1.82) is 0 Å². The fourth-order valence-electron chi connectivity index (χ4n) is 2.97. The summed E-state index contributed by atoms with van der Waals surface area (Å²) in [5.41, 5.74) is 5.05. The third-order valence-electron chi connectivity index (χ3n) is 4.54. The number of hydrogen-bond acceptors (Lipinski definition) is 6. The van der Waals surface area contributed by atoms with E-state index < -0.39 is 0 Å². The molecular formula is C24H21FN6OS. The van der Waals surface area contributed by atoms with E-state index in [2.05, 4.69) is 26.0 Å². The lowest BCUT2D eigenvalue weighted by Crippen LogP contribution is -2.20. The Morgan fingerprint density at radius 2 is 1.67 bits per heavy atom. The standard InChI is InChI=1S/C24H21FN6OS/c25-19-13-11-18(12-14-19)15-27-29-23(32)17-33-24-30-28-22(16-26-20-7-3-1-4-8-20)31(24)21-9-5-2-6-10-21/h1-15,26H,16-17H2,(H,29,32)/b27-15+. The van der Waals surface area contributed by atoms with E-state index >= 15 is 0 Å². The summed E-state index contributed by atoms with van der Waals surface area (Å²) in [6.45, 7) is 0.473. The van der Waals surface area contributed by atoms with E-state index in [0.29, 0.717) is 17.3 Å². The number of rotatable bonds is 9. The third-order valence-corrected chi connectivity index (χ3v) is 5.47. The number of nitrogens with one attached hydrogen (secondary N) is 2. The number of aromatic nitrogens is 3. The van der Waals surface area contributed by atoms with Gasteiger partial charge in [-0.1, -0.05) is 60.3 Å². The summed E-state index contributed by atoms with van der Waals surface area (Å²) in [6, 6.07) is 25.4. The molecule has 33 heavy (non-hydrogen) atoms. The topological polar surface area (TPSA) is 84.2 Å². The second-order valence-electron chi connectivity index (χ2n) is 6.92. The van der Waals surface area contributed by atoms with Crippen LogP contribution in [0.15, 0.2) is 95.2 Å². The van der Waals surface area contributed by atoms with Crippen molar-refractivity contribution < 1.29 is 9.18 Å². The lowest BCUT2D eigenvalue weighted by Gasteiger charge is -2.11. The van der Waals surface area contributed by atoms with Gasteiger partial charge in [-0.25, -0.2) is 9.82 Å². The maximum Gasteiger partial charge on any atom is 0.250 e. The number of carbonyl (C=O) groups excluding carboxylic acids is 1. The highest BCUT2D eigenvalue weighted by atomic mass is 32.2. The Morgan fingerprint density at radius 3 is 2.39 bits per heavy atom. The smallest absolute Gasteiger partial charge is 0.250 e. The van der Waals surface area contributed by atoms with Gasteiger partial charge in [0.15, 0.2) is 11.0 Å². The fourth-order valence-corrected chi connectivity index (χ4v) is 3.74. The first-order valence-corrected chi connectivity index (χ1v) is 11.2. The minimum Gasteiger partial charge on any atom is -0.378 e. The van der Waals surface area contributed by atoms with E-state index in [0.717, 1.165) is 17.2 Å². The zero-order valence-corrected chi connectivity index (χ0v) is 18.4. The van der Waals surface area contributed by atoms with Crippen LogP contribution in [0.3, 0.4) is 0 Å². The Hall–Kier alpha value is -3.98. The number of thioether (sulfide) groups is 1. The summed E-state index contributed by atoms with van der Waals surface area (Å²) in [7, 11) is 0. The van der Waals surface area contributed by atoms with Gasteiger partial charge in [0.25, 0.3) is 5.91 Å². The monoisotopic (exact) mass is 460 g/mol. The van der Waals surface area contributed by atoms with Gasteiger partial charge in [0.05, 0.1) is 18.5 Å². The van der Waals surface area contributed by atoms with Gasteiger partial charge in [-0.15, -0.1) is 10.2 Å². The molecule has 0 fully saturated rings. The zero-order valence-electron chi connectivity index (χ0n) is 17.6. The van der Waals surface area contributed by atoms with Crippen molar-refractivity contribution in [1.82, 2.24) is 20.2 Å². The van der Waals surface area contributed by atoms with Crippen LogP contribution in [0.4, 0.5) is 10.1 Å². The first-order valence-electron chi connectivity index (χ1n) is 10.2.